The largest absolute Gasteiger partial charge is 0.462 e. The molecule has 2 N–H and O–H groups in total. The number of aliphatic hydroxyl groups excluding tert-OH is 2. The number of hydrogen-bond donors (Lipinski definition) is 2. The highest BCUT2D eigenvalue weighted by atomic mass is 16.5. The van der Waals surface area contributed by atoms with Gasteiger partial charge in [0.1, 0.15) is 0 Å². The summed E-state index contributed by atoms with van der Waals surface area (Å²) >= 11 is 0. The average Bonchev–Trinajstić information content (AvgIpc) is 2.67. The fraction of sp³-hybridized carbons (Fsp3) is 0.400. The molecule has 1 aromatic rings. The molecular weight excluding hydrogens is 336 g/mol. The zero-order chi connectivity index (χ0) is 19.4. The van der Waals surface area contributed by atoms with Crippen LogP contribution >= 0.6 is 0 Å². The number of ether oxygens (including phenoxy) is 2. The minimum atomic E-state index is -0.612. The Hall–Kier alpha value is -2.44. The predicted octanol–water partition coefficient (Wildman–Crippen LogP) is 2.65. The van der Waals surface area contributed by atoms with Crippen molar-refractivity contribution in [1.82, 2.24) is 0 Å². The number of carbonyl (C=O) groups excluding carboxylic acids is 2. The highest BCUT2D eigenvalue weighted by Crippen LogP contribution is 2.10. The summed E-state index contributed by atoms with van der Waals surface area (Å²) in [6.07, 6.45) is 3.57. The van der Waals surface area contributed by atoms with Crippen LogP contribution in [0.2, 0.25) is 0 Å². The molecule has 0 spiro atoms. The van der Waals surface area contributed by atoms with E-state index in [2.05, 4.69) is 13.2 Å². The number of benzene rings is 1. The Balaban J connectivity index is 2.45. The van der Waals surface area contributed by atoms with Crippen molar-refractivity contribution in [3.8, 4) is 0 Å². The smallest absolute Gasteiger partial charge is 0.338 e. The van der Waals surface area contributed by atoms with Gasteiger partial charge in [-0.1, -0.05) is 18.2 Å². The molecule has 26 heavy (non-hydrogen) atoms. The Labute approximate surface area is 153 Å². The van der Waals surface area contributed by atoms with Crippen LogP contribution < -0.4 is 0 Å². The van der Waals surface area contributed by atoms with E-state index in [1.54, 1.807) is 18.2 Å². The van der Waals surface area contributed by atoms with E-state index in [9.17, 15) is 19.8 Å². The van der Waals surface area contributed by atoms with Crippen LogP contribution in [-0.2, 0) is 9.47 Å². The zero-order valence-corrected chi connectivity index (χ0v) is 14.8. The van der Waals surface area contributed by atoms with Gasteiger partial charge in [0.2, 0.25) is 0 Å². The third-order valence-corrected chi connectivity index (χ3v) is 3.63. The normalized spacial score (nSPS) is 12.7. The summed E-state index contributed by atoms with van der Waals surface area (Å²) in [6, 6.07) is 6.11. The number of aliphatic hydroxyl groups is 2. The Morgan fingerprint density at radius 2 is 1.35 bits per heavy atom. The van der Waals surface area contributed by atoms with Crippen LogP contribution in [0.3, 0.4) is 0 Å². The van der Waals surface area contributed by atoms with Crippen molar-refractivity contribution in [3.63, 3.8) is 0 Å². The molecule has 6 nitrogen and oxygen atoms in total. The summed E-state index contributed by atoms with van der Waals surface area (Å²) in [6.45, 7) is 7.28. The lowest BCUT2D eigenvalue weighted by Gasteiger charge is -2.09. The predicted molar refractivity (Wildman–Crippen MR) is 97.9 cm³/mol. The molecule has 142 valence electrons. The summed E-state index contributed by atoms with van der Waals surface area (Å²) in [5, 5.41) is 18.7. The first kappa shape index (κ1) is 21.6. The van der Waals surface area contributed by atoms with Gasteiger partial charge in [-0.25, -0.2) is 9.59 Å². The minimum Gasteiger partial charge on any atom is -0.462 e. The SMILES string of the molecule is C=CC(O)CCCOC(=O)c1cccc(C(=O)OCCCC(O)C=C)c1. The molecular formula is C20H26O6. The maximum Gasteiger partial charge on any atom is 0.338 e. The quantitative estimate of drug-likeness (QED) is 0.337. The molecule has 0 aliphatic rings. The van der Waals surface area contributed by atoms with Gasteiger partial charge < -0.3 is 19.7 Å². The summed E-state index contributed by atoms with van der Waals surface area (Å²) in [7, 11) is 0. The maximum absolute atomic E-state index is 12.0. The van der Waals surface area contributed by atoms with Crippen LogP contribution in [0.5, 0.6) is 0 Å². The Bertz CT molecular complexity index is 561. The van der Waals surface area contributed by atoms with E-state index < -0.39 is 24.1 Å². The monoisotopic (exact) mass is 362 g/mol. The molecule has 0 amide bonds. The summed E-state index contributed by atoms with van der Waals surface area (Å²) < 4.78 is 10.2. The third kappa shape index (κ3) is 8.09. The van der Waals surface area contributed by atoms with Gasteiger partial charge in [0.05, 0.1) is 36.5 Å². The van der Waals surface area contributed by atoms with Gasteiger partial charge in [-0.3, -0.25) is 0 Å². The van der Waals surface area contributed by atoms with E-state index in [4.69, 9.17) is 9.47 Å². The Morgan fingerprint density at radius 1 is 0.923 bits per heavy atom. The Kier molecular flexibility index (Phi) is 9.97. The van der Waals surface area contributed by atoms with Crippen LogP contribution in [-0.4, -0.2) is 47.6 Å². The lowest BCUT2D eigenvalue weighted by Crippen LogP contribution is -2.12. The maximum atomic E-state index is 12.0. The van der Waals surface area contributed by atoms with Gasteiger partial charge >= 0.3 is 11.9 Å². The molecule has 0 aliphatic carbocycles. The van der Waals surface area contributed by atoms with Crippen molar-refractivity contribution < 1.29 is 29.3 Å². The number of hydrogen-bond acceptors (Lipinski definition) is 6. The molecule has 0 heterocycles. The van der Waals surface area contributed by atoms with E-state index >= 15 is 0 Å². The van der Waals surface area contributed by atoms with Gasteiger partial charge in [-0.15, -0.1) is 13.2 Å². The highest BCUT2D eigenvalue weighted by molar-refractivity contribution is 5.95. The molecule has 0 aliphatic heterocycles. The van der Waals surface area contributed by atoms with Gasteiger partial charge in [-0.05, 0) is 43.9 Å². The van der Waals surface area contributed by atoms with Gasteiger partial charge in [0.25, 0.3) is 0 Å². The molecule has 1 aromatic carbocycles. The lowest BCUT2D eigenvalue weighted by molar-refractivity contribution is 0.0483. The fourth-order valence-electron chi connectivity index (χ4n) is 2.09. The Morgan fingerprint density at radius 3 is 1.73 bits per heavy atom. The first-order valence-electron chi connectivity index (χ1n) is 8.53. The number of carbonyl (C=O) groups is 2. The summed E-state index contributed by atoms with van der Waals surface area (Å²) in [5.74, 6) is -1.08. The van der Waals surface area contributed by atoms with Crippen molar-refractivity contribution in [3.05, 3.63) is 60.7 Å². The number of rotatable bonds is 12. The van der Waals surface area contributed by atoms with Gasteiger partial charge in [0, 0.05) is 0 Å². The van der Waals surface area contributed by atoms with Crippen LogP contribution in [0.1, 0.15) is 46.4 Å². The molecule has 2 unspecified atom stereocenters. The molecule has 1 rings (SSSR count). The van der Waals surface area contributed by atoms with Crippen molar-refractivity contribution in [2.45, 2.75) is 37.9 Å². The molecule has 0 saturated carbocycles. The van der Waals surface area contributed by atoms with Crippen molar-refractivity contribution >= 4 is 11.9 Å². The van der Waals surface area contributed by atoms with E-state index in [-0.39, 0.29) is 24.3 Å². The van der Waals surface area contributed by atoms with E-state index in [0.29, 0.717) is 25.7 Å². The van der Waals surface area contributed by atoms with Crippen molar-refractivity contribution in [2.24, 2.45) is 0 Å². The second kappa shape index (κ2) is 12.0. The lowest BCUT2D eigenvalue weighted by atomic mass is 10.1. The number of esters is 2. The second-order valence-electron chi connectivity index (χ2n) is 5.74. The van der Waals surface area contributed by atoms with Crippen LogP contribution in [0.25, 0.3) is 0 Å². The van der Waals surface area contributed by atoms with E-state index in [0.717, 1.165) is 0 Å². The highest BCUT2D eigenvalue weighted by Gasteiger charge is 2.13. The van der Waals surface area contributed by atoms with Gasteiger partial charge in [-0.2, -0.15) is 0 Å². The van der Waals surface area contributed by atoms with Crippen LogP contribution in [0.4, 0.5) is 0 Å². The second-order valence-corrected chi connectivity index (χ2v) is 5.74. The summed E-state index contributed by atoms with van der Waals surface area (Å²) in [5.41, 5.74) is 0.511. The van der Waals surface area contributed by atoms with E-state index in [1.165, 1.54) is 18.2 Å². The third-order valence-electron chi connectivity index (χ3n) is 3.63. The van der Waals surface area contributed by atoms with E-state index in [1.807, 2.05) is 0 Å². The van der Waals surface area contributed by atoms with Crippen molar-refractivity contribution in [1.29, 1.82) is 0 Å². The standard InChI is InChI=1S/C20H26O6/c1-3-17(21)10-6-12-25-19(23)15-8-5-9-16(14-15)20(24)26-13-7-11-18(22)4-2/h3-5,8-9,14,17-18,21-22H,1-2,6-7,10-13H2. The molecule has 0 saturated heterocycles. The first-order chi connectivity index (χ1) is 12.5. The van der Waals surface area contributed by atoms with Crippen LogP contribution in [0.15, 0.2) is 49.6 Å². The first-order valence-corrected chi connectivity index (χ1v) is 8.53. The molecule has 2 atom stereocenters. The summed E-state index contributed by atoms with van der Waals surface area (Å²) in [4.78, 5) is 24.0. The van der Waals surface area contributed by atoms with Crippen LogP contribution in [0, 0.1) is 0 Å². The molecule has 6 heteroatoms. The molecule has 0 bridgehead atoms. The average molecular weight is 362 g/mol. The zero-order valence-electron chi connectivity index (χ0n) is 14.8. The van der Waals surface area contributed by atoms with Gasteiger partial charge in [0.15, 0.2) is 0 Å². The fourth-order valence-corrected chi connectivity index (χ4v) is 2.09. The molecule has 0 radical (unpaired) electrons. The molecule has 0 fully saturated rings. The van der Waals surface area contributed by atoms with Crippen molar-refractivity contribution in [2.75, 3.05) is 13.2 Å². The minimum absolute atomic E-state index is 0.171. The topological polar surface area (TPSA) is 93.1 Å². The molecule has 0 aromatic heterocycles.